The fourth-order valence-corrected chi connectivity index (χ4v) is 1.24. The van der Waals surface area contributed by atoms with E-state index in [0.717, 1.165) is 15.9 Å². The molecule has 1 aromatic carbocycles. The van der Waals surface area contributed by atoms with Gasteiger partial charge in [0.05, 0.1) is 11.0 Å². The molecule has 1 radical (unpaired) electrons. The largest absolute Gasteiger partial charge is 0.342 e. The Bertz CT molecular complexity index is 392. The quantitative estimate of drug-likeness (QED) is 0.572. The van der Waals surface area contributed by atoms with Gasteiger partial charge in [-0.25, -0.2) is 4.98 Å². The smallest absolute Gasteiger partial charge is 0.107 e. The molecule has 0 aliphatic heterocycles. The number of fused-ring (bicyclic) bond motifs is 1. The van der Waals surface area contributed by atoms with Crippen molar-refractivity contribution in [1.82, 2.24) is 9.97 Å². The molecule has 2 rings (SSSR count). The van der Waals surface area contributed by atoms with Crippen LogP contribution >= 0.6 is 12.6 Å². The average molecular weight is 163 g/mol. The molecule has 3 heteroatoms. The first-order chi connectivity index (χ1) is 5.25. The van der Waals surface area contributed by atoms with Gasteiger partial charge in [0.2, 0.25) is 0 Å². The van der Waals surface area contributed by atoms with Crippen molar-refractivity contribution < 1.29 is 0 Å². The number of nitrogens with one attached hydrogen (secondary N) is 1. The maximum Gasteiger partial charge on any atom is 0.107 e. The summed E-state index contributed by atoms with van der Waals surface area (Å²) >= 11 is 4.20. The third-order valence-electron chi connectivity index (χ3n) is 1.52. The Morgan fingerprint density at radius 1 is 1.45 bits per heavy atom. The lowest BCUT2D eigenvalue weighted by atomic mass is 10.3. The molecule has 0 saturated carbocycles. The van der Waals surface area contributed by atoms with E-state index in [1.807, 2.05) is 18.2 Å². The van der Waals surface area contributed by atoms with E-state index in [-0.39, 0.29) is 0 Å². The van der Waals surface area contributed by atoms with E-state index in [2.05, 4.69) is 29.5 Å². The SMILES string of the molecule is [CH2]c1nc2cc(S)ccc2[nH]1. The molecule has 11 heavy (non-hydrogen) atoms. The van der Waals surface area contributed by atoms with Crippen LogP contribution in [0.2, 0.25) is 0 Å². The third-order valence-corrected chi connectivity index (χ3v) is 1.79. The van der Waals surface area contributed by atoms with Crippen LogP contribution in [0.3, 0.4) is 0 Å². The van der Waals surface area contributed by atoms with Gasteiger partial charge in [0.15, 0.2) is 0 Å². The molecule has 0 amide bonds. The molecule has 0 fully saturated rings. The molecule has 0 saturated heterocycles. The van der Waals surface area contributed by atoms with Gasteiger partial charge in [0.25, 0.3) is 0 Å². The van der Waals surface area contributed by atoms with Crippen LogP contribution in [0.15, 0.2) is 23.1 Å². The summed E-state index contributed by atoms with van der Waals surface area (Å²) in [6, 6.07) is 5.77. The zero-order valence-corrected chi connectivity index (χ0v) is 6.73. The molecule has 0 aliphatic carbocycles. The predicted molar refractivity (Wildman–Crippen MR) is 47.8 cm³/mol. The highest BCUT2D eigenvalue weighted by atomic mass is 32.1. The van der Waals surface area contributed by atoms with Crippen molar-refractivity contribution in [2.45, 2.75) is 4.90 Å². The van der Waals surface area contributed by atoms with Gasteiger partial charge in [0, 0.05) is 11.8 Å². The molecule has 0 atom stereocenters. The minimum Gasteiger partial charge on any atom is -0.342 e. The number of imidazole rings is 1. The van der Waals surface area contributed by atoms with Gasteiger partial charge >= 0.3 is 0 Å². The molecular weight excluding hydrogens is 156 g/mol. The van der Waals surface area contributed by atoms with Gasteiger partial charge in [-0.05, 0) is 18.2 Å². The van der Waals surface area contributed by atoms with Crippen molar-refractivity contribution in [3.8, 4) is 0 Å². The molecule has 55 valence electrons. The minimum absolute atomic E-state index is 0.693. The van der Waals surface area contributed by atoms with Crippen LogP contribution in [-0.2, 0) is 0 Å². The molecular formula is C8H7N2S. The summed E-state index contributed by atoms with van der Waals surface area (Å²) in [6.45, 7) is 3.70. The first kappa shape index (κ1) is 6.73. The fraction of sp³-hybridized carbons (Fsp3) is 0. The van der Waals surface area contributed by atoms with Crippen molar-refractivity contribution in [2.24, 2.45) is 0 Å². The van der Waals surface area contributed by atoms with E-state index < -0.39 is 0 Å². The lowest BCUT2D eigenvalue weighted by molar-refractivity contribution is 1.25. The number of aromatic nitrogens is 2. The van der Waals surface area contributed by atoms with Crippen LogP contribution in [-0.4, -0.2) is 9.97 Å². The summed E-state index contributed by atoms with van der Waals surface area (Å²) < 4.78 is 0. The fourth-order valence-electron chi connectivity index (χ4n) is 1.05. The van der Waals surface area contributed by atoms with E-state index in [1.54, 1.807) is 0 Å². The Kier molecular flexibility index (Phi) is 1.39. The summed E-state index contributed by atoms with van der Waals surface area (Å²) in [5.74, 6) is 0.693. The molecule has 2 nitrogen and oxygen atoms in total. The summed E-state index contributed by atoms with van der Waals surface area (Å²) in [5, 5.41) is 0. The monoisotopic (exact) mass is 163 g/mol. The first-order valence-corrected chi connectivity index (χ1v) is 3.71. The van der Waals surface area contributed by atoms with Gasteiger partial charge in [0.1, 0.15) is 5.82 Å². The Balaban J connectivity index is 2.82. The third kappa shape index (κ3) is 1.12. The number of benzene rings is 1. The second-order valence-electron chi connectivity index (χ2n) is 2.38. The van der Waals surface area contributed by atoms with Crippen molar-refractivity contribution in [3.63, 3.8) is 0 Å². The topological polar surface area (TPSA) is 28.7 Å². The molecule has 1 aromatic heterocycles. The van der Waals surface area contributed by atoms with E-state index in [0.29, 0.717) is 5.82 Å². The zero-order chi connectivity index (χ0) is 7.84. The number of aromatic amines is 1. The van der Waals surface area contributed by atoms with Gasteiger partial charge in [-0.3, -0.25) is 0 Å². The van der Waals surface area contributed by atoms with Crippen molar-refractivity contribution >= 4 is 23.7 Å². The predicted octanol–water partition coefficient (Wildman–Crippen LogP) is 2.03. The lowest BCUT2D eigenvalue weighted by Gasteiger charge is -1.88. The molecule has 2 aromatic rings. The second-order valence-corrected chi connectivity index (χ2v) is 2.90. The van der Waals surface area contributed by atoms with Crippen LogP contribution in [0, 0.1) is 6.92 Å². The van der Waals surface area contributed by atoms with E-state index in [9.17, 15) is 0 Å². The Morgan fingerprint density at radius 3 is 3.09 bits per heavy atom. The van der Waals surface area contributed by atoms with Gasteiger partial charge < -0.3 is 4.98 Å². The highest BCUT2D eigenvalue weighted by molar-refractivity contribution is 7.80. The molecule has 0 spiro atoms. The van der Waals surface area contributed by atoms with Crippen LogP contribution in [0.25, 0.3) is 11.0 Å². The Labute approximate surface area is 70.1 Å². The number of nitrogens with zero attached hydrogens (tertiary/aromatic N) is 1. The molecule has 0 aliphatic rings. The Hall–Kier alpha value is -0.960. The van der Waals surface area contributed by atoms with E-state index >= 15 is 0 Å². The summed E-state index contributed by atoms with van der Waals surface area (Å²) in [5.41, 5.74) is 1.93. The van der Waals surface area contributed by atoms with Gasteiger partial charge in [-0.2, -0.15) is 0 Å². The number of H-pyrrole nitrogens is 1. The minimum atomic E-state index is 0.693. The van der Waals surface area contributed by atoms with Crippen LogP contribution < -0.4 is 0 Å². The summed E-state index contributed by atoms with van der Waals surface area (Å²) in [6.07, 6.45) is 0. The van der Waals surface area contributed by atoms with Crippen LogP contribution in [0.5, 0.6) is 0 Å². The van der Waals surface area contributed by atoms with Crippen LogP contribution in [0.1, 0.15) is 5.82 Å². The number of hydrogen-bond donors (Lipinski definition) is 2. The zero-order valence-electron chi connectivity index (χ0n) is 5.83. The first-order valence-electron chi connectivity index (χ1n) is 3.26. The summed E-state index contributed by atoms with van der Waals surface area (Å²) in [7, 11) is 0. The second kappa shape index (κ2) is 2.27. The number of thiol groups is 1. The van der Waals surface area contributed by atoms with E-state index in [4.69, 9.17) is 0 Å². The highest BCUT2D eigenvalue weighted by Gasteiger charge is 1.97. The maximum atomic E-state index is 4.20. The Morgan fingerprint density at radius 2 is 2.27 bits per heavy atom. The summed E-state index contributed by atoms with van der Waals surface area (Å²) in [4.78, 5) is 8.11. The molecule has 1 N–H and O–H groups in total. The highest BCUT2D eigenvalue weighted by Crippen LogP contribution is 2.15. The molecule has 0 unspecified atom stereocenters. The van der Waals surface area contributed by atoms with Crippen molar-refractivity contribution in [2.75, 3.05) is 0 Å². The van der Waals surface area contributed by atoms with Crippen molar-refractivity contribution in [1.29, 1.82) is 0 Å². The van der Waals surface area contributed by atoms with Gasteiger partial charge in [-0.15, -0.1) is 12.6 Å². The molecule has 1 heterocycles. The number of rotatable bonds is 0. The van der Waals surface area contributed by atoms with Crippen molar-refractivity contribution in [3.05, 3.63) is 30.9 Å². The van der Waals surface area contributed by atoms with E-state index in [1.165, 1.54) is 0 Å². The lowest BCUT2D eigenvalue weighted by Crippen LogP contribution is -1.68. The number of hydrogen-bond acceptors (Lipinski definition) is 2. The normalized spacial score (nSPS) is 10.7. The van der Waals surface area contributed by atoms with Gasteiger partial charge in [-0.1, -0.05) is 0 Å². The van der Waals surface area contributed by atoms with Crippen LogP contribution in [0.4, 0.5) is 0 Å². The average Bonchev–Trinajstić information content (AvgIpc) is 2.27. The maximum absolute atomic E-state index is 4.20. The molecule has 0 bridgehead atoms. The standard InChI is InChI=1S/C8H7N2S/c1-5-9-7-3-2-6(11)4-8(7)10-5/h2-4,11H,1H2,(H,9,10).